The van der Waals surface area contributed by atoms with Gasteiger partial charge >= 0.3 is 0 Å². The van der Waals surface area contributed by atoms with Crippen LogP contribution in [0.3, 0.4) is 0 Å². The van der Waals surface area contributed by atoms with Crippen LogP contribution in [0.2, 0.25) is 0 Å². The van der Waals surface area contributed by atoms with E-state index in [-0.39, 0.29) is 12.7 Å². The summed E-state index contributed by atoms with van der Waals surface area (Å²) in [6.45, 7) is 15.5. The number of likely N-dealkylation sites (N-methyl/N-ethyl adjacent to an activating group) is 2. The van der Waals surface area contributed by atoms with Crippen LogP contribution in [0.25, 0.3) is 0 Å². The third kappa shape index (κ3) is 5.82. The SMILES string of the molecule is CCN(CC)CCON=C1c2ccccc2C(=NOCCN(CC)CC)C1c1ccc2c(c1)OCO2. The number of hydrogen-bond acceptors (Lipinski definition) is 8. The molecular weight excluding hydrogens is 456 g/mol. The Morgan fingerprint density at radius 3 is 1.81 bits per heavy atom. The van der Waals surface area contributed by atoms with Crippen LogP contribution >= 0.6 is 0 Å². The summed E-state index contributed by atoms with van der Waals surface area (Å²) in [6, 6.07) is 14.2. The first-order valence-electron chi connectivity index (χ1n) is 13.0. The normalized spacial score (nSPS) is 18.4. The second kappa shape index (κ2) is 12.7. The summed E-state index contributed by atoms with van der Waals surface area (Å²) in [5, 5.41) is 9.33. The van der Waals surface area contributed by atoms with Gasteiger partial charge in [-0.15, -0.1) is 0 Å². The van der Waals surface area contributed by atoms with Gasteiger partial charge in [-0.2, -0.15) is 0 Å². The maximum Gasteiger partial charge on any atom is 0.231 e. The van der Waals surface area contributed by atoms with Crippen molar-refractivity contribution in [2.45, 2.75) is 33.6 Å². The van der Waals surface area contributed by atoms with E-state index in [1.807, 2.05) is 30.3 Å². The van der Waals surface area contributed by atoms with E-state index < -0.39 is 0 Å². The highest BCUT2D eigenvalue weighted by Crippen LogP contribution is 2.40. The van der Waals surface area contributed by atoms with Crippen LogP contribution in [0.1, 0.15) is 50.3 Å². The zero-order chi connectivity index (χ0) is 25.3. The molecule has 0 spiro atoms. The van der Waals surface area contributed by atoms with Gasteiger partial charge in [0.25, 0.3) is 0 Å². The van der Waals surface area contributed by atoms with Crippen LogP contribution in [-0.2, 0) is 9.68 Å². The van der Waals surface area contributed by atoms with Crippen molar-refractivity contribution in [2.24, 2.45) is 10.3 Å². The Morgan fingerprint density at radius 1 is 0.750 bits per heavy atom. The average molecular weight is 495 g/mol. The molecule has 2 aromatic rings. The maximum absolute atomic E-state index is 5.88. The minimum atomic E-state index is -0.237. The molecule has 1 aliphatic heterocycles. The van der Waals surface area contributed by atoms with Crippen LogP contribution in [0.5, 0.6) is 11.5 Å². The highest BCUT2D eigenvalue weighted by atomic mass is 16.7. The molecule has 0 radical (unpaired) electrons. The zero-order valence-electron chi connectivity index (χ0n) is 21.9. The van der Waals surface area contributed by atoms with Gasteiger partial charge in [0, 0.05) is 24.2 Å². The number of fused-ring (bicyclic) bond motifs is 2. The molecule has 0 fully saturated rings. The lowest BCUT2D eigenvalue weighted by Gasteiger charge is -2.18. The summed E-state index contributed by atoms with van der Waals surface area (Å²) in [7, 11) is 0. The van der Waals surface area contributed by atoms with Gasteiger partial charge in [-0.3, -0.25) is 0 Å². The predicted octanol–water partition coefficient (Wildman–Crippen LogP) is 4.34. The molecule has 0 aromatic heterocycles. The van der Waals surface area contributed by atoms with E-state index >= 15 is 0 Å². The molecule has 2 aromatic carbocycles. The predicted molar refractivity (Wildman–Crippen MR) is 142 cm³/mol. The van der Waals surface area contributed by atoms with Gasteiger partial charge in [-0.05, 0) is 43.9 Å². The number of oxime groups is 2. The molecule has 0 saturated heterocycles. The Kier molecular flexibility index (Phi) is 9.19. The number of rotatable bonds is 13. The number of ether oxygens (including phenoxy) is 2. The Bertz CT molecular complexity index is 1010. The van der Waals surface area contributed by atoms with Crippen molar-refractivity contribution in [1.29, 1.82) is 0 Å². The van der Waals surface area contributed by atoms with Crippen molar-refractivity contribution in [3.63, 3.8) is 0 Å². The quantitative estimate of drug-likeness (QED) is 0.305. The Balaban J connectivity index is 1.64. The van der Waals surface area contributed by atoms with Crippen LogP contribution in [0.4, 0.5) is 0 Å². The molecule has 0 atom stereocenters. The standard InChI is InChI=1S/C28H38N4O4/c1-5-31(6-2)15-17-35-29-27-22-11-9-10-12-23(22)28(30-36-18-16-32(7-3)8-4)26(27)21-13-14-24-25(19-21)34-20-33-24/h9-14,19,26H,5-8,15-18,20H2,1-4H3. The summed E-state index contributed by atoms with van der Waals surface area (Å²) in [6.07, 6.45) is 0. The molecule has 36 heavy (non-hydrogen) atoms. The Morgan fingerprint density at radius 2 is 1.28 bits per heavy atom. The summed E-state index contributed by atoms with van der Waals surface area (Å²) in [5.41, 5.74) is 4.68. The molecule has 8 heteroatoms. The minimum Gasteiger partial charge on any atom is -0.454 e. The van der Waals surface area contributed by atoms with Crippen molar-refractivity contribution in [1.82, 2.24) is 9.80 Å². The van der Waals surface area contributed by atoms with Gasteiger partial charge < -0.3 is 28.9 Å². The van der Waals surface area contributed by atoms with Crippen LogP contribution in [-0.4, -0.2) is 80.5 Å². The minimum absolute atomic E-state index is 0.231. The van der Waals surface area contributed by atoms with Crippen molar-refractivity contribution in [2.75, 3.05) is 59.3 Å². The highest BCUT2D eigenvalue weighted by Gasteiger charge is 2.38. The van der Waals surface area contributed by atoms with E-state index in [1.54, 1.807) is 0 Å². The lowest BCUT2D eigenvalue weighted by atomic mass is 9.93. The van der Waals surface area contributed by atoms with Crippen LogP contribution in [0.15, 0.2) is 52.8 Å². The summed E-state index contributed by atoms with van der Waals surface area (Å²) < 4.78 is 11.2. The smallest absolute Gasteiger partial charge is 0.231 e. The van der Waals surface area contributed by atoms with Gasteiger partial charge in [0.2, 0.25) is 6.79 Å². The third-order valence-electron chi connectivity index (χ3n) is 6.87. The Hall–Kier alpha value is -3.10. The molecule has 0 N–H and O–H groups in total. The summed E-state index contributed by atoms with van der Waals surface area (Å²) in [4.78, 5) is 16.4. The second-order valence-electron chi connectivity index (χ2n) is 8.76. The van der Waals surface area contributed by atoms with E-state index in [0.29, 0.717) is 13.2 Å². The fourth-order valence-corrected chi connectivity index (χ4v) is 4.63. The molecule has 1 heterocycles. The van der Waals surface area contributed by atoms with E-state index in [2.05, 4.69) is 59.9 Å². The first-order chi connectivity index (χ1) is 17.7. The summed E-state index contributed by atoms with van der Waals surface area (Å²) >= 11 is 0. The van der Waals surface area contributed by atoms with Crippen molar-refractivity contribution in [3.05, 3.63) is 59.2 Å². The first-order valence-corrected chi connectivity index (χ1v) is 13.0. The Labute approximate surface area is 214 Å². The van der Waals surface area contributed by atoms with E-state index in [4.69, 9.17) is 19.1 Å². The number of benzene rings is 2. The topological polar surface area (TPSA) is 68.1 Å². The van der Waals surface area contributed by atoms with E-state index in [0.717, 1.165) is 78.9 Å². The van der Waals surface area contributed by atoms with Crippen molar-refractivity contribution in [3.8, 4) is 11.5 Å². The molecule has 0 unspecified atom stereocenters. The number of hydrogen-bond donors (Lipinski definition) is 0. The van der Waals surface area contributed by atoms with Crippen LogP contribution in [0, 0.1) is 0 Å². The fourth-order valence-electron chi connectivity index (χ4n) is 4.63. The van der Waals surface area contributed by atoms with Gasteiger partial charge in [0.15, 0.2) is 11.5 Å². The zero-order valence-corrected chi connectivity index (χ0v) is 21.9. The van der Waals surface area contributed by atoms with Gasteiger partial charge in [-0.1, -0.05) is 68.3 Å². The molecular formula is C28H38N4O4. The number of nitrogens with zero attached hydrogens (tertiary/aromatic N) is 4. The highest BCUT2D eigenvalue weighted by molar-refractivity contribution is 6.33. The van der Waals surface area contributed by atoms with Crippen LogP contribution < -0.4 is 9.47 Å². The van der Waals surface area contributed by atoms with Crippen molar-refractivity contribution >= 4 is 11.4 Å². The monoisotopic (exact) mass is 494 g/mol. The van der Waals surface area contributed by atoms with Gasteiger partial charge in [-0.25, -0.2) is 0 Å². The van der Waals surface area contributed by atoms with Crippen molar-refractivity contribution < 1.29 is 19.1 Å². The second-order valence-corrected chi connectivity index (χ2v) is 8.76. The van der Waals surface area contributed by atoms with Gasteiger partial charge in [0.1, 0.15) is 24.6 Å². The molecule has 2 aliphatic rings. The molecule has 194 valence electrons. The molecule has 0 bridgehead atoms. The molecule has 0 saturated carbocycles. The third-order valence-corrected chi connectivity index (χ3v) is 6.87. The molecule has 1 aliphatic carbocycles. The fraction of sp³-hybridized carbons (Fsp3) is 0.500. The lowest BCUT2D eigenvalue weighted by molar-refractivity contribution is 0.113. The van der Waals surface area contributed by atoms with Gasteiger partial charge in [0.05, 0.1) is 5.92 Å². The molecule has 4 rings (SSSR count). The van der Waals surface area contributed by atoms with E-state index in [9.17, 15) is 0 Å². The molecule has 0 amide bonds. The lowest BCUT2D eigenvalue weighted by Crippen LogP contribution is -2.27. The largest absolute Gasteiger partial charge is 0.454 e. The first kappa shape index (κ1) is 26.0. The van der Waals surface area contributed by atoms with E-state index in [1.165, 1.54) is 0 Å². The summed E-state index contributed by atoms with van der Waals surface area (Å²) in [5.74, 6) is 1.24. The maximum atomic E-state index is 5.88. The average Bonchev–Trinajstić information content (AvgIpc) is 3.51. The molecule has 8 nitrogen and oxygen atoms in total.